The zero-order chi connectivity index (χ0) is 23.0. The maximum absolute atomic E-state index is 14.6. The van der Waals surface area contributed by atoms with Gasteiger partial charge in [-0.05, 0) is 56.9 Å². The molecule has 2 amide bonds. The molecule has 2 heterocycles. The number of H-pyrrole nitrogens is 1. The molecule has 32 heavy (non-hydrogen) atoms. The molecule has 0 spiro atoms. The Labute approximate surface area is 186 Å². The second-order valence-corrected chi connectivity index (χ2v) is 9.01. The molecular weight excluding hydrogens is 411 g/mol. The minimum absolute atomic E-state index is 0.0247. The van der Waals surface area contributed by atoms with Gasteiger partial charge in [0, 0.05) is 30.6 Å². The van der Waals surface area contributed by atoms with Gasteiger partial charge in [-0.1, -0.05) is 18.9 Å². The van der Waals surface area contributed by atoms with Gasteiger partial charge in [0.2, 0.25) is 5.91 Å². The number of hydrogen-bond acceptors (Lipinski definition) is 4. The van der Waals surface area contributed by atoms with Crippen LogP contribution in [-0.2, 0) is 11.2 Å². The Morgan fingerprint density at radius 1 is 1.19 bits per heavy atom. The van der Waals surface area contributed by atoms with Crippen LogP contribution in [0.2, 0.25) is 0 Å². The lowest BCUT2D eigenvalue weighted by Gasteiger charge is -2.42. The molecule has 2 fully saturated rings. The summed E-state index contributed by atoms with van der Waals surface area (Å²) in [6.07, 6.45) is 4.64. The van der Waals surface area contributed by atoms with E-state index in [1.807, 2.05) is 18.7 Å². The topological polar surface area (TPSA) is 86.4 Å². The Hall–Kier alpha value is -3.03. The molecule has 1 atom stereocenters. The molecule has 8 heteroatoms. The van der Waals surface area contributed by atoms with Crippen LogP contribution in [-0.4, -0.2) is 57.0 Å². The quantitative estimate of drug-likeness (QED) is 0.792. The summed E-state index contributed by atoms with van der Waals surface area (Å²) in [6, 6.07) is 4.57. The van der Waals surface area contributed by atoms with Crippen LogP contribution in [0, 0.1) is 19.7 Å². The van der Waals surface area contributed by atoms with Crippen molar-refractivity contribution in [2.75, 3.05) is 13.1 Å². The van der Waals surface area contributed by atoms with Crippen molar-refractivity contribution in [3.8, 4) is 0 Å². The second-order valence-electron chi connectivity index (χ2n) is 9.01. The van der Waals surface area contributed by atoms with Gasteiger partial charge in [0.25, 0.3) is 11.5 Å². The molecule has 1 saturated carbocycles. The number of rotatable bonds is 4. The van der Waals surface area contributed by atoms with Crippen LogP contribution in [0.25, 0.3) is 0 Å². The monoisotopic (exact) mass is 440 g/mol. The van der Waals surface area contributed by atoms with Crippen molar-refractivity contribution in [2.45, 2.75) is 65.0 Å². The molecule has 1 saturated heterocycles. The maximum Gasteiger partial charge on any atom is 0.267 e. The summed E-state index contributed by atoms with van der Waals surface area (Å²) in [5.74, 6) is -1.15. The number of halogens is 1. The zero-order valence-corrected chi connectivity index (χ0v) is 18.8. The number of benzene rings is 1. The third kappa shape index (κ3) is 4.18. The van der Waals surface area contributed by atoms with Gasteiger partial charge in [0.1, 0.15) is 12.4 Å². The number of nitrogens with one attached hydrogen (secondary N) is 1. The summed E-state index contributed by atoms with van der Waals surface area (Å²) < 4.78 is 14.6. The first-order valence-corrected chi connectivity index (χ1v) is 11.2. The van der Waals surface area contributed by atoms with Gasteiger partial charge < -0.3 is 9.80 Å². The zero-order valence-electron chi connectivity index (χ0n) is 18.8. The molecule has 1 aromatic heterocycles. The highest BCUT2D eigenvalue weighted by atomic mass is 19.1. The first kappa shape index (κ1) is 22.2. The molecule has 170 valence electrons. The first-order valence-electron chi connectivity index (χ1n) is 11.2. The van der Waals surface area contributed by atoms with E-state index in [1.165, 1.54) is 17.0 Å². The van der Waals surface area contributed by atoms with Crippen LogP contribution < -0.4 is 5.56 Å². The third-order valence-electron chi connectivity index (χ3n) is 6.84. The van der Waals surface area contributed by atoms with Crippen molar-refractivity contribution in [1.82, 2.24) is 20.0 Å². The first-order chi connectivity index (χ1) is 15.3. The minimum atomic E-state index is -0.612. The van der Waals surface area contributed by atoms with E-state index in [2.05, 4.69) is 10.2 Å². The van der Waals surface area contributed by atoms with E-state index in [1.54, 1.807) is 13.0 Å². The largest absolute Gasteiger partial charge is 0.334 e. The number of carbonyl (C=O) groups is 2. The van der Waals surface area contributed by atoms with Crippen molar-refractivity contribution in [2.24, 2.45) is 0 Å². The number of aromatic nitrogens is 2. The van der Waals surface area contributed by atoms with Gasteiger partial charge in [-0.3, -0.25) is 14.4 Å². The average molecular weight is 441 g/mol. The third-order valence-corrected chi connectivity index (χ3v) is 6.84. The molecule has 1 unspecified atom stereocenters. The Morgan fingerprint density at radius 2 is 1.91 bits per heavy atom. The van der Waals surface area contributed by atoms with E-state index in [4.69, 9.17) is 0 Å². The highest BCUT2D eigenvalue weighted by Crippen LogP contribution is 2.28. The summed E-state index contributed by atoms with van der Waals surface area (Å²) in [5.41, 5.74) is 2.45. The Morgan fingerprint density at radius 3 is 2.59 bits per heavy atom. The highest BCUT2D eigenvalue weighted by molar-refractivity contribution is 5.97. The molecule has 1 aliphatic heterocycles. The van der Waals surface area contributed by atoms with Gasteiger partial charge in [0.05, 0.1) is 11.3 Å². The van der Waals surface area contributed by atoms with Crippen molar-refractivity contribution < 1.29 is 14.0 Å². The van der Waals surface area contributed by atoms with Gasteiger partial charge in [-0.15, -0.1) is 0 Å². The average Bonchev–Trinajstić information content (AvgIpc) is 3.28. The van der Waals surface area contributed by atoms with E-state index in [-0.39, 0.29) is 35.7 Å². The van der Waals surface area contributed by atoms with Crippen molar-refractivity contribution in [1.29, 1.82) is 0 Å². The molecule has 4 rings (SSSR count). The Kier molecular flexibility index (Phi) is 6.13. The summed E-state index contributed by atoms with van der Waals surface area (Å²) in [5, 5.41) is 6.58. The second kappa shape index (κ2) is 8.84. The van der Waals surface area contributed by atoms with Crippen molar-refractivity contribution in [3.63, 3.8) is 0 Å². The fourth-order valence-corrected chi connectivity index (χ4v) is 4.92. The molecule has 2 aromatic rings. The predicted molar refractivity (Wildman–Crippen MR) is 118 cm³/mol. The summed E-state index contributed by atoms with van der Waals surface area (Å²) >= 11 is 0. The van der Waals surface area contributed by atoms with E-state index >= 15 is 0 Å². The van der Waals surface area contributed by atoms with Crippen LogP contribution in [0.4, 0.5) is 4.39 Å². The van der Waals surface area contributed by atoms with Crippen LogP contribution >= 0.6 is 0 Å². The van der Waals surface area contributed by atoms with Gasteiger partial charge in [0.15, 0.2) is 0 Å². The van der Waals surface area contributed by atoms with E-state index in [0.29, 0.717) is 29.8 Å². The van der Waals surface area contributed by atoms with Gasteiger partial charge in [-0.25, -0.2) is 9.49 Å². The predicted octanol–water partition coefficient (Wildman–Crippen LogP) is 2.73. The number of hydrogen-bond donors (Lipinski definition) is 1. The highest BCUT2D eigenvalue weighted by Gasteiger charge is 2.38. The van der Waals surface area contributed by atoms with Gasteiger partial charge >= 0.3 is 0 Å². The number of nitrogens with zero attached hydrogens (tertiary/aromatic N) is 3. The lowest BCUT2D eigenvalue weighted by atomic mass is 10.0. The number of amides is 2. The number of piperazine rings is 1. The normalized spacial score (nSPS) is 19.6. The van der Waals surface area contributed by atoms with E-state index in [0.717, 1.165) is 31.2 Å². The SMILES string of the molecule is Cc1c(Cc2ccc(F)c(C(=O)N3CC(=O)N(C4CCCC4)C(C)C3)c2)n[nH]c(=O)c1C. The minimum Gasteiger partial charge on any atom is -0.334 e. The Bertz CT molecular complexity index is 1110. The number of carbonyl (C=O) groups excluding carboxylic acids is 2. The molecule has 1 N–H and O–H groups in total. The number of aromatic amines is 1. The van der Waals surface area contributed by atoms with E-state index in [9.17, 15) is 18.8 Å². The fraction of sp³-hybridized carbons (Fsp3) is 0.500. The smallest absolute Gasteiger partial charge is 0.267 e. The molecule has 1 aliphatic carbocycles. The summed E-state index contributed by atoms with van der Waals surface area (Å²) in [4.78, 5) is 41.1. The summed E-state index contributed by atoms with van der Waals surface area (Å²) in [6.45, 7) is 5.87. The molecule has 2 aliphatic rings. The Balaban J connectivity index is 1.54. The molecule has 1 aromatic carbocycles. The maximum atomic E-state index is 14.6. The molecule has 7 nitrogen and oxygen atoms in total. The molecule has 0 radical (unpaired) electrons. The van der Waals surface area contributed by atoms with Crippen LogP contribution in [0.15, 0.2) is 23.0 Å². The standard InChI is InChI=1S/C24H29FN4O3/c1-14-12-28(13-22(30)29(14)18-6-4-5-7-18)24(32)19-10-17(8-9-20(19)25)11-21-15(2)16(3)23(31)27-26-21/h8-10,14,18H,4-7,11-13H2,1-3H3,(H,27,31). The summed E-state index contributed by atoms with van der Waals surface area (Å²) in [7, 11) is 0. The van der Waals surface area contributed by atoms with Crippen molar-refractivity contribution >= 4 is 11.8 Å². The van der Waals surface area contributed by atoms with E-state index < -0.39 is 11.7 Å². The lowest BCUT2D eigenvalue weighted by molar-refractivity contribution is -0.141. The fourth-order valence-electron chi connectivity index (χ4n) is 4.92. The van der Waals surface area contributed by atoms with Gasteiger partial charge in [-0.2, -0.15) is 5.10 Å². The lowest BCUT2D eigenvalue weighted by Crippen LogP contribution is -2.59. The molecule has 0 bridgehead atoms. The van der Waals surface area contributed by atoms with Crippen LogP contribution in [0.1, 0.15) is 65.3 Å². The van der Waals surface area contributed by atoms with Crippen molar-refractivity contribution in [3.05, 3.63) is 62.3 Å². The van der Waals surface area contributed by atoms with Crippen LogP contribution in [0.3, 0.4) is 0 Å². The molecular formula is C24H29FN4O3. The van der Waals surface area contributed by atoms with Crippen LogP contribution in [0.5, 0.6) is 0 Å².